The highest BCUT2D eigenvalue weighted by molar-refractivity contribution is 6.36. The maximum atomic E-state index is 11.8. The lowest BCUT2D eigenvalue weighted by atomic mass is 9.94. The molecule has 1 atom stereocenters. The molecule has 3 aromatic rings. The molecule has 0 saturated carbocycles. The fraction of sp³-hybridized carbons (Fsp3) is 0.208. The van der Waals surface area contributed by atoms with Crippen LogP contribution in [-0.4, -0.2) is 42.5 Å². The van der Waals surface area contributed by atoms with Gasteiger partial charge in [0.1, 0.15) is 0 Å². The number of fused-ring (bicyclic) bond motifs is 3. The molecule has 2 aromatic carbocycles. The van der Waals surface area contributed by atoms with Crippen molar-refractivity contribution in [1.82, 2.24) is 9.55 Å². The molecule has 9 nitrogen and oxygen atoms in total. The third kappa shape index (κ3) is 5.94. The van der Waals surface area contributed by atoms with E-state index >= 15 is 0 Å². The number of carboxylic acids is 2. The Bertz CT molecular complexity index is 1360. The lowest BCUT2D eigenvalue weighted by Gasteiger charge is -2.18. The Hall–Kier alpha value is -3.53. The van der Waals surface area contributed by atoms with Crippen molar-refractivity contribution in [3.05, 3.63) is 91.6 Å². The Balaban J connectivity index is 0.000000371. The normalized spacial score (nSPS) is 13.9. The van der Waals surface area contributed by atoms with E-state index in [1.165, 1.54) is 6.07 Å². The smallest absolute Gasteiger partial charge is 0.303 e. The molecule has 3 N–H and O–H groups in total. The molecule has 0 aliphatic carbocycles. The molecule has 2 heterocycles. The molecule has 1 aromatic heterocycles. The monoisotopic (exact) mass is 517 g/mol. The molecule has 4 rings (SSSR count). The summed E-state index contributed by atoms with van der Waals surface area (Å²) >= 11 is 12.9. The average molecular weight is 518 g/mol. The zero-order valence-electron chi connectivity index (χ0n) is 18.5. The van der Waals surface area contributed by atoms with E-state index < -0.39 is 23.7 Å². The van der Waals surface area contributed by atoms with Gasteiger partial charge in [-0.15, -0.1) is 0 Å². The molecule has 0 amide bonds. The van der Waals surface area contributed by atoms with Crippen LogP contribution in [-0.2, 0) is 16.0 Å². The van der Waals surface area contributed by atoms with E-state index in [9.17, 15) is 19.5 Å². The molecular weight excluding hydrogens is 497 g/mol. The van der Waals surface area contributed by atoms with Crippen LogP contribution in [0.5, 0.6) is 0 Å². The van der Waals surface area contributed by atoms with E-state index in [2.05, 4.69) is 9.98 Å². The summed E-state index contributed by atoms with van der Waals surface area (Å²) in [6.45, 7) is 2.00. The highest BCUT2D eigenvalue weighted by atomic mass is 35.5. The molecule has 182 valence electrons. The molecule has 0 saturated heterocycles. The maximum Gasteiger partial charge on any atom is 0.303 e. The first-order valence-corrected chi connectivity index (χ1v) is 11.3. The van der Waals surface area contributed by atoms with Gasteiger partial charge >= 0.3 is 11.9 Å². The molecule has 0 radical (unpaired) electrons. The third-order valence-electron chi connectivity index (χ3n) is 5.09. The molecule has 0 bridgehead atoms. The number of halogens is 2. The zero-order valence-corrected chi connectivity index (χ0v) is 20.0. The van der Waals surface area contributed by atoms with Crippen LogP contribution in [0.2, 0.25) is 10.0 Å². The second-order valence-corrected chi connectivity index (χ2v) is 8.20. The van der Waals surface area contributed by atoms with Gasteiger partial charge in [-0.2, -0.15) is 4.98 Å². The predicted octanol–water partition coefficient (Wildman–Crippen LogP) is 3.88. The van der Waals surface area contributed by atoms with Crippen LogP contribution in [0.25, 0.3) is 5.69 Å². The fourth-order valence-electron chi connectivity index (χ4n) is 3.54. The topological polar surface area (TPSA) is 142 Å². The van der Waals surface area contributed by atoms with Gasteiger partial charge in [0.15, 0.2) is 5.82 Å². The van der Waals surface area contributed by atoms with Crippen LogP contribution >= 0.6 is 23.2 Å². The highest BCUT2D eigenvalue weighted by Crippen LogP contribution is 2.35. The van der Waals surface area contributed by atoms with Crippen LogP contribution in [0, 0.1) is 0 Å². The van der Waals surface area contributed by atoms with Crippen molar-refractivity contribution in [2.75, 3.05) is 0 Å². The number of aliphatic hydroxyl groups excluding tert-OH is 1. The number of rotatable bonds is 5. The van der Waals surface area contributed by atoms with E-state index in [0.717, 1.165) is 16.8 Å². The first-order chi connectivity index (χ1) is 16.6. The number of carbonyl (C=O) groups is 2. The number of nitrogens with zero attached hydrogens (tertiary/aromatic N) is 3. The maximum absolute atomic E-state index is 11.8. The summed E-state index contributed by atoms with van der Waals surface area (Å²) in [6.07, 6.45) is 0.335. The van der Waals surface area contributed by atoms with Gasteiger partial charge < -0.3 is 19.9 Å². The Morgan fingerprint density at radius 1 is 1.00 bits per heavy atom. The predicted molar refractivity (Wildman–Crippen MR) is 131 cm³/mol. The Labute approximate surface area is 209 Å². The number of aliphatic carboxylic acids is 2. The summed E-state index contributed by atoms with van der Waals surface area (Å²) in [4.78, 5) is 39.5. The van der Waals surface area contributed by atoms with Gasteiger partial charge in [-0.3, -0.25) is 14.4 Å². The van der Waals surface area contributed by atoms with Gasteiger partial charge in [-0.25, -0.2) is 4.99 Å². The standard InChI is InChI=1S/C20H15Cl2N3O2.C4H6O4/c1-2-11-14(22)7-8-15-17(11)18(12-5-3-4-6-13(12)21)24-20(27)19-23-16(26)9-10-25(15)19;5-3(6)1-2-4(7)8/h3-10,20,27H,2H2,1H3;1-2H2,(H,5,6)(H,7,8). The van der Waals surface area contributed by atoms with Crippen molar-refractivity contribution in [3.8, 4) is 5.69 Å². The van der Waals surface area contributed by atoms with E-state index in [-0.39, 0.29) is 18.7 Å². The Morgan fingerprint density at radius 2 is 1.66 bits per heavy atom. The fourth-order valence-corrected chi connectivity index (χ4v) is 4.06. The molecule has 0 fully saturated rings. The average Bonchev–Trinajstić information content (AvgIpc) is 2.93. The summed E-state index contributed by atoms with van der Waals surface area (Å²) in [5.41, 5.74) is 3.12. The van der Waals surface area contributed by atoms with Gasteiger partial charge in [-0.1, -0.05) is 48.3 Å². The largest absolute Gasteiger partial charge is 0.481 e. The lowest BCUT2D eigenvalue weighted by molar-refractivity contribution is -0.143. The van der Waals surface area contributed by atoms with Crippen LogP contribution in [0.15, 0.2) is 58.4 Å². The molecular formula is C24H21Cl2N3O6. The number of aromatic nitrogens is 2. The first kappa shape index (κ1) is 26.1. The molecule has 0 spiro atoms. The minimum atomic E-state index is -1.32. The van der Waals surface area contributed by atoms with Crippen LogP contribution < -0.4 is 5.56 Å². The van der Waals surface area contributed by atoms with E-state index in [1.807, 2.05) is 31.2 Å². The van der Waals surface area contributed by atoms with E-state index in [1.54, 1.807) is 22.9 Å². The van der Waals surface area contributed by atoms with Crippen LogP contribution in [0.3, 0.4) is 0 Å². The minimum absolute atomic E-state index is 0.148. The van der Waals surface area contributed by atoms with Gasteiger partial charge in [0.25, 0.3) is 5.56 Å². The summed E-state index contributed by atoms with van der Waals surface area (Å²) < 4.78 is 1.67. The van der Waals surface area contributed by atoms with Crippen molar-refractivity contribution < 1.29 is 24.9 Å². The number of carboxylic acid groups (broad SMARTS) is 2. The Morgan fingerprint density at radius 3 is 2.26 bits per heavy atom. The molecule has 35 heavy (non-hydrogen) atoms. The summed E-state index contributed by atoms with van der Waals surface area (Å²) in [7, 11) is 0. The number of aliphatic hydroxyl groups is 1. The lowest BCUT2D eigenvalue weighted by Crippen LogP contribution is -2.17. The quantitative estimate of drug-likeness (QED) is 0.465. The first-order valence-electron chi connectivity index (χ1n) is 10.5. The van der Waals surface area contributed by atoms with Gasteiger partial charge in [0.05, 0.1) is 24.2 Å². The number of hydrogen-bond acceptors (Lipinski definition) is 6. The molecule has 1 aliphatic heterocycles. The minimum Gasteiger partial charge on any atom is -0.481 e. The second kappa shape index (κ2) is 11.3. The van der Waals surface area contributed by atoms with Gasteiger partial charge in [0, 0.05) is 33.4 Å². The van der Waals surface area contributed by atoms with E-state index in [0.29, 0.717) is 27.7 Å². The van der Waals surface area contributed by atoms with Crippen molar-refractivity contribution in [2.45, 2.75) is 32.4 Å². The van der Waals surface area contributed by atoms with Gasteiger partial charge in [-0.05, 0) is 30.2 Å². The zero-order chi connectivity index (χ0) is 25.7. The van der Waals surface area contributed by atoms with Crippen molar-refractivity contribution in [1.29, 1.82) is 0 Å². The third-order valence-corrected chi connectivity index (χ3v) is 5.77. The number of benzene rings is 2. The van der Waals surface area contributed by atoms with Crippen molar-refractivity contribution >= 4 is 40.9 Å². The molecule has 11 heteroatoms. The van der Waals surface area contributed by atoms with Gasteiger partial charge in [0.2, 0.25) is 6.23 Å². The van der Waals surface area contributed by atoms with Crippen molar-refractivity contribution in [2.24, 2.45) is 4.99 Å². The number of hydrogen-bond donors (Lipinski definition) is 3. The van der Waals surface area contributed by atoms with Crippen LogP contribution in [0.1, 0.15) is 48.5 Å². The second-order valence-electron chi connectivity index (χ2n) is 7.39. The summed E-state index contributed by atoms with van der Waals surface area (Å²) in [6, 6.07) is 12.3. The SMILES string of the molecule is CCc1c(Cl)ccc2c1C(c1ccccc1Cl)=NC(O)c1nc(=O)ccn1-2.O=C(O)CCC(=O)O. The van der Waals surface area contributed by atoms with Crippen molar-refractivity contribution in [3.63, 3.8) is 0 Å². The number of aliphatic imine (C=N–C) groups is 1. The summed E-state index contributed by atoms with van der Waals surface area (Å²) in [5, 5.41) is 27.6. The van der Waals surface area contributed by atoms with E-state index in [4.69, 9.17) is 33.4 Å². The molecule has 1 unspecified atom stereocenters. The highest BCUT2D eigenvalue weighted by Gasteiger charge is 2.27. The summed E-state index contributed by atoms with van der Waals surface area (Å²) in [5.74, 6) is -2.00. The Kier molecular flexibility index (Phi) is 8.39. The van der Waals surface area contributed by atoms with Crippen LogP contribution in [0.4, 0.5) is 0 Å². The molecule has 1 aliphatic rings.